The summed E-state index contributed by atoms with van der Waals surface area (Å²) in [4.78, 5) is 2.88. The van der Waals surface area contributed by atoms with Gasteiger partial charge in [0.25, 0.3) is 5.84 Å². The van der Waals surface area contributed by atoms with Gasteiger partial charge in [0.2, 0.25) is 0 Å². The monoisotopic (exact) mass is 277 g/mol. The Kier molecular flexibility index (Phi) is 3.49. The topological polar surface area (TPSA) is 106 Å². The van der Waals surface area contributed by atoms with Gasteiger partial charge in [-0.3, -0.25) is 5.73 Å². The van der Waals surface area contributed by atoms with Gasteiger partial charge in [-0.1, -0.05) is 26.2 Å². The van der Waals surface area contributed by atoms with Crippen molar-refractivity contribution in [2.75, 3.05) is 14.2 Å². The third-order valence-electron chi connectivity index (χ3n) is 4.85. The summed E-state index contributed by atoms with van der Waals surface area (Å²) in [5.74, 6) is -1.21. The Balaban J connectivity index is 2.42. The van der Waals surface area contributed by atoms with Gasteiger partial charge in [-0.15, -0.1) is 0 Å². The second-order valence-electron chi connectivity index (χ2n) is 5.45. The lowest BCUT2D eigenvalue weighted by molar-refractivity contribution is -0.688. The van der Waals surface area contributed by atoms with Crippen molar-refractivity contribution in [3.05, 3.63) is 0 Å². The number of nitrogens with one attached hydrogen (secondary N) is 1. The van der Waals surface area contributed by atoms with Gasteiger partial charge in [0.1, 0.15) is 0 Å². The molecule has 0 aromatic carbocycles. The van der Waals surface area contributed by atoms with E-state index in [-0.39, 0.29) is 11.8 Å². The van der Waals surface area contributed by atoms with Crippen LogP contribution in [-0.4, -0.2) is 26.0 Å². The summed E-state index contributed by atoms with van der Waals surface area (Å²) in [7, 11) is 2.91. The van der Waals surface area contributed by atoms with Gasteiger partial charge in [-0.05, 0) is 6.42 Å². The van der Waals surface area contributed by atoms with E-state index in [9.17, 15) is 10.5 Å². The van der Waals surface area contributed by atoms with Crippen LogP contribution in [0.1, 0.15) is 32.6 Å². The number of amidine groups is 1. The molecule has 2 rings (SSSR count). The first-order valence-corrected chi connectivity index (χ1v) is 6.90. The van der Waals surface area contributed by atoms with Crippen molar-refractivity contribution in [1.82, 2.24) is 0 Å². The first kappa shape index (κ1) is 14.8. The standard InChI is InChI=1S/C14H20N4O2/c1-4-5-6-7-10-12(8-15)11(17)18-14(19-2,20-3)13(10,12)9-16/h10H,4-7H2,1-3H3,(H2,17,18)/p+1/t10-,12-,13-/m1/s1. The number of nitrogens with zero attached hydrogens (tertiary/aromatic N) is 2. The lowest BCUT2D eigenvalue weighted by atomic mass is 9.94. The Labute approximate surface area is 119 Å². The molecule has 1 saturated carbocycles. The van der Waals surface area contributed by atoms with Crippen LogP contribution in [0, 0.1) is 39.4 Å². The van der Waals surface area contributed by atoms with Gasteiger partial charge in [0, 0.05) is 20.1 Å². The van der Waals surface area contributed by atoms with E-state index in [1.165, 1.54) is 14.2 Å². The van der Waals surface area contributed by atoms with Crippen molar-refractivity contribution >= 4 is 5.84 Å². The molecule has 20 heavy (non-hydrogen) atoms. The first-order chi connectivity index (χ1) is 9.56. The van der Waals surface area contributed by atoms with Crippen molar-refractivity contribution in [3.63, 3.8) is 0 Å². The van der Waals surface area contributed by atoms with E-state index in [1.54, 1.807) is 0 Å². The quantitative estimate of drug-likeness (QED) is 0.508. The molecule has 0 saturated heterocycles. The van der Waals surface area contributed by atoms with Crippen LogP contribution in [0.4, 0.5) is 0 Å². The first-order valence-electron chi connectivity index (χ1n) is 6.90. The molecule has 0 bridgehead atoms. The van der Waals surface area contributed by atoms with E-state index >= 15 is 0 Å². The molecule has 1 aliphatic carbocycles. The van der Waals surface area contributed by atoms with Gasteiger partial charge in [-0.2, -0.15) is 10.5 Å². The summed E-state index contributed by atoms with van der Waals surface area (Å²) in [5, 5.41) is 19.4. The highest BCUT2D eigenvalue weighted by molar-refractivity contribution is 5.93. The number of nitrogens with two attached hydrogens (primary N) is 1. The van der Waals surface area contributed by atoms with Crippen molar-refractivity contribution in [2.45, 2.75) is 38.5 Å². The highest BCUT2D eigenvalue weighted by Crippen LogP contribution is 2.75. The normalized spacial score (nSPS) is 36.6. The molecule has 0 aromatic rings. The second kappa shape index (κ2) is 4.73. The summed E-state index contributed by atoms with van der Waals surface area (Å²) >= 11 is 0. The molecular weight excluding hydrogens is 256 g/mol. The number of fused-ring (bicyclic) bond motifs is 1. The SMILES string of the molecule is CCCCC[C@@H]1[C@]2(C#N)C(N)=[NH+]C(OC)(OC)[C@]12C#N. The number of rotatable bonds is 6. The molecule has 3 N–H and O–H groups in total. The second-order valence-corrected chi connectivity index (χ2v) is 5.45. The predicted octanol–water partition coefficient (Wildman–Crippen LogP) is -0.386. The Bertz CT molecular complexity index is 514. The summed E-state index contributed by atoms with van der Waals surface area (Å²) in [6, 6.07) is 4.52. The van der Waals surface area contributed by atoms with Crippen LogP contribution < -0.4 is 10.7 Å². The molecule has 0 spiro atoms. The van der Waals surface area contributed by atoms with Gasteiger partial charge in [0.15, 0.2) is 10.8 Å². The zero-order chi connectivity index (χ0) is 15.0. The Morgan fingerprint density at radius 3 is 2.35 bits per heavy atom. The van der Waals surface area contributed by atoms with Crippen molar-refractivity contribution in [2.24, 2.45) is 22.5 Å². The van der Waals surface area contributed by atoms with E-state index in [2.05, 4.69) is 24.1 Å². The van der Waals surface area contributed by atoms with Crippen LogP contribution in [0.25, 0.3) is 0 Å². The zero-order valence-corrected chi connectivity index (χ0v) is 12.2. The zero-order valence-electron chi connectivity index (χ0n) is 12.2. The van der Waals surface area contributed by atoms with Crippen LogP contribution in [0.5, 0.6) is 0 Å². The minimum Gasteiger partial charge on any atom is -0.317 e. The van der Waals surface area contributed by atoms with E-state index < -0.39 is 16.7 Å². The van der Waals surface area contributed by atoms with Crippen LogP contribution >= 0.6 is 0 Å². The van der Waals surface area contributed by atoms with Gasteiger partial charge >= 0.3 is 5.91 Å². The van der Waals surface area contributed by atoms with Crippen molar-refractivity contribution in [3.8, 4) is 12.1 Å². The number of methoxy groups -OCH3 is 2. The van der Waals surface area contributed by atoms with Crippen LogP contribution in [0.15, 0.2) is 0 Å². The minimum absolute atomic E-state index is 0.155. The Morgan fingerprint density at radius 2 is 1.90 bits per heavy atom. The van der Waals surface area contributed by atoms with E-state index in [0.717, 1.165) is 25.7 Å². The average molecular weight is 277 g/mol. The maximum Gasteiger partial charge on any atom is 0.342 e. The van der Waals surface area contributed by atoms with Crippen molar-refractivity contribution < 1.29 is 14.5 Å². The third kappa shape index (κ3) is 1.31. The molecule has 1 aliphatic heterocycles. The maximum atomic E-state index is 9.74. The molecule has 2 aliphatic rings. The molecule has 108 valence electrons. The number of unbranched alkanes of at least 4 members (excludes halogenated alkanes) is 2. The molecule has 6 heteroatoms. The molecule has 0 amide bonds. The highest BCUT2D eigenvalue weighted by atomic mass is 16.7. The minimum atomic E-state index is -1.33. The smallest absolute Gasteiger partial charge is 0.317 e. The average Bonchev–Trinajstić information content (AvgIpc) is 3.00. The molecule has 1 heterocycles. The number of hydrogen-bond donors (Lipinski definition) is 2. The summed E-state index contributed by atoms with van der Waals surface area (Å²) in [6.45, 7) is 2.12. The predicted molar refractivity (Wildman–Crippen MR) is 70.6 cm³/mol. The van der Waals surface area contributed by atoms with Crippen LogP contribution in [-0.2, 0) is 9.47 Å². The van der Waals surface area contributed by atoms with Crippen molar-refractivity contribution in [1.29, 1.82) is 10.5 Å². The fourth-order valence-electron chi connectivity index (χ4n) is 3.82. The summed E-state index contributed by atoms with van der Waals surface area (Å²) < 4.78 is 10.8. The highest BCUT2D eigenvalue weighted by Gasteiger charge is 2.96. The largest absolute Gasteiger partial charge is 0.342 e. The lowest BCUT2D eigenvalue weighted by Gasteiger charge is -2.26. The number of nitriles is 2. The van der Waals surface area contributed by atoms with E-state index in [1.807, 2.05) is 0 Å². The van der Waals surface area contributed by atoms with Gasteiger partial charge < -0.3 is 9.47 Å². The molecular formula is C14H21N4O2+. The Hall–Kier alpha value is -1.63. The van der Waals surface area contributed by atoms with E-state index in [4.69, 9.17) is 15.2 Å². The molecule has 6 nitrogen and oxygen atoms in total. The fraction of sp³-hybridized carbons (Fsp3) is 0.786. The van der Waals surface area contributed by atoms with Crippen LogP contribution in [0.2, 0.25) is 0 Å². The number of ether oxygens (including phenoxy) is 2. The number of hydrogen-bond acceptors (Lipinski definition) is 5. The van der Waals surface area contributed by atoms with Crippen LogP contribution in [0.3, 0.4) is 0 Å². The lowest BCUT2D eigenvalue weighted by Crippen LogP contribution is -2.90. The molecule has 0 radical (unpaired) electrons. The summed E-state index contributed by atoms with van der Waals surface area (Å²) in [6.07, 6.45) is 3.89. The fourth-order valence-corrected chi connectivity index (χ4v) is 3.82. The Morgan fingerprint density at radius 1 is 1.25 bits per heavy atom. The third-order valence-corrected chi connectivity index (χ3v) is 4.85. The summed E-state index contributed by atoms with van der Waals surface area (Å²) in [5.41, 5.74) is 3.93. The van der Waals surface area contributed by atoms with Gasteiger partial charge in [0.05, 0.1) is 12.1 Å². The molecule has 1 fully saturated rings. The van der Waals surface area contributed by atoms with Gasteiger partial charge in [-0.25, -0.2) is 4.99 Å². The van der Waals surface area contributed by atoms with E-state index in [0.29, 0.717) is 0 Å². The molecule has 3 atom stereocenters. The molecule has 0 aromatic heterocycles. The molecule has 0 unspecified atom stereocenters. The maximum absolute atomic E-state index is 9.74.